The van der Waals surface area contributed by atoms with Crippen LogP contribution in [0.5, 0.6) is 0 Å². The van der Waals surface area contributed by atoms with E-state index < -0.39 is 0 Å². The molecule has 1 aromatic carbocycles. The summed E-state index contributed by atoms with van der Waals surface area (Å²) in [5.74, 6) is 1.53. The fourth-order valence-electron chi connectivity index (χ4n) is 4.05. The third-order valence-corrected chi connectivity index (χ3v) is 5.65. The Kier molecular flexibility index (Phi) is 4.86. The van der Waals surface area contributed by atoms with Gasteiger partial charge in [-0.05, 0) is 37.2 Å². The molecule has 4 nitrogen and oxygen atoms in total. The number of amides is 1. The molecule has 3 fully saturated rings. The van der Waals surface area contributed by atoms with E-state index in [9.17, 15) is 4.79 Å². The van der Waals surface area contributed by atoms with E-state index in [1.807, 2.05) is 0 Å². The molecule has 2 aliphatic heterocycles. The number of ether oxygens (including phenoxy) is 1. The molecule has 0 aromatic heterocycles. The Morgan fingerprint density at radius 3 is 2.79 bits per heavy atom. The van der Waals surface area contributed by atoms with Crippen LogP contribution in [0, 0.1) is 11.8 Å². The van der Waals surface area contributed by atoms with Crippen LogP contribution in [0.25, 0.3) is 0 Å². The van der Waals surface area contributed by atoms with Crippen LogP contribution in [0.2, 0.25) is 0 Å². The predicted octanol–water partition coefficient (Wildman–Crippen LogP) is 2.23. The molecule has 1 saturated carbocycles. The van der Waals surface area contributed by atoms with Gasteiger partial charge in [-0.15, -0.1) is 0 Å². The Morgan fingerprint density at radius 2 is 2.04 bits per heavy atom. The molecule has 0 spiro atoms. The van der Waals surface area contributed by atoms with Crippen LogP contribution in [0.4, 0.5) is 0 Å². The van der Waals surface area contributed by atoms with Crippen molar-refractivity contribution >= 4 is 5.91 Å². The monoisotopic (exact) mass is 328 g/mol. The van der Waals surface area contributed by atoms with Crippen LogP contribution in [0.1, 0.15) is 31.2 Å². The van der Waals surface area contributed by atoms with Gasteiger partial charge in [0.05, 0.1) is 18.6 Å². The second kappa shape index (κ2) is 7.24. The van der Waals surface area contributed by atoms with Crippen molar-refractivity contribution in [3.63, 3.8) is 0 Å². The highest BCUT2D eigenvalue weighted by atomic mass is 16.5. The number of rotatable bonds is 7. The van der Waals surface area contributed by atoms with Crippen molar-refractivity contribution in [3.05, 3.63) is 35.9 Å². The Hall–Kier alpha value is -1.39. The minimum atomic E-state index is 0.135. The highest BCUT2D eigenvalue weighted by Crippen LogP contribution is 2.34. The normalized spacial score (nSPS) is 29.6. The third-order valence-electron chi connectivity index (χ3n) is 5.65. The van der Waals surface area contributed by atoms with Gasteiger partial charge in [-0.25, -0.2) is 0 Å². The Morgan fingerprint density at radius 1 is 1.21 bits per heavy atom. The summed E-state index contributed by atoms with van der Waals surface area (Å²) in [5.41, 5.74) is 1.40. The molecule has 130 valence electrons. The lowest BCUT2D eigenvalue weighted by molar-refractivity contribution is -0.123. The summed E-state index contributed by atoms with van der Waals surface area (Å²) in [6.07, 6.45) is 5.73. The summed E-state index contributed by atoms with van der Waals surface area (Å²) < 4.78 is 6.16. The molecule has 24 heavy (non-hydrogen) atoms. The molecule has 3 aliphatic rings. The van der Waals surface area contributed by atoms with E-state index in [-0.39, 0.29) is 12.0 Å². The van der Waals surface area contributed by atoms with Gasteiger partial charge in [0.1, 0.15) is 0 Å². The zero-order chi connectivity index (χ0) is 16.4. The van der Waals surface area contributed by atoms with Crippen molar-refractivity contribution in [3.8, 4) is 0 Å². The van der Waals surface area contributed by atoms with Crippen molar-refractivity contribution in [2.24, 2.45) is 11.8 Å². The number of carbonyl (C=O) groups excluding carboxylic acids is 1. The summed E-state index contributed by atoms with van der Waals surface area (Å²) in [7, 11) is 0. The number of likely N-dealkylation sites (tertiary alicyclic amines) is 1. The summed E-state index contributed by atoms with van der Waals surface area (Å²) in [6, 6.07) is 10.7. The molecule has 3 atom stereocenters. The van der Waals surface area contributed by atoms with Gasteiger partial charge in [0.2, 0.25) is 5.91 Å². The summed E-state index contributed by atoms with van der Waals surface area (Å²) in [4.78, 5) is 14.5. The maximum Gasteiger partial charge on any atom is 0.222 e. The van der Waals surface area contributed by atoms with E-state index >= 15 is 0 Å². The Bertz CT molecular complexity index is 544. The van der Waals surface area contributed by atoms with Gasteiger partial charge < -0.3 is 15.0 Å². The van der Waals surface area contributed by atoms with Crippen LogP contribution >= 0.6 is 0 Å². The molecular weight excluding hydrogens is 300 g/mol. The van der Waals surface area contributed by atoms with E-state index in [4.69, 9.17) is 4.74 Å². The number of benzene rings is 1. The molecule has 4 heteroatoms. The summed E-state index contributed by atoms with van der Waals surface area (Å²) >= 11 is 0. The van der Waals surface area contributed by atoms with E-state index in [1.54, 1.807) is 0 Å². The third kappa shape index (κ3) is 4.17. The Balaban J connectivity index is 1.17. The van der Waals surface area contributed by atoms with E-state index in [0.29, 0.717) is 18.4 Å². The minimum absolute atomic E-state index is 0.135. The van der Waals surface area contributed by atoms with Gasteiger partial charge in [-0.1, -0.05) is 30.3 Å². The largest absolute Gasteiger partial charge is 0.373 e. The van der Waals surface area contributed by atoms with Gasteiger partial charge in [-0.2, -0.15) is 0 Å². The lowest BCUT2D eigenvalue weighted by atomic mass is 10.0. The maximum absolute atomic E-state index is 12.0. The van der Waals surface area contributed by atoms with Crippen molar-refractivity contribution in [2.75, 3.05) is 26.2 Å². The van der Waals surface area contributed by atoms with Gasteiger partial charge in [0.25, 0.3) is 0 Å². The van der Waals surface area contributed by atoms with E-state index in [0.717, 1.165) is 44.9 Å². The molecular formula is C20H28N2O2. The topological polar surface area (TPSA) is 41.6 Å². The number of nitrogens with one attached hydrogen (secondary N) is 1. The SMILES string of the molecule is O=C(C[C@@H]1C[C@H]2CN(CCc3ccccc3)C[C@H]2O1)NCC1CC1. The van der Waals surface area contributed by atoms with Gasteiger partial charge in [0.15, 0.2) is 0 Å². The number of hydrogen-bond acceptors (Lipinski definition) is 3. The highest BCUT2D eigenvalue weighted by Gasteiger charge is 2.42. The molecule has 0 bridgehead atoms. The molecule has 1 amide bonds. The first kappa shape index (κ1) is 16.1. The second-order valence-electron chi connectivity index (χ2n) is 7.74. The molecule has 0 radical (unpaired) electrons. The number of carbonyl (C=O) groups is 1. The Labute approximate surface area is 144 Å². The molecule has 4 rings (SSSR count). The van der Waals surface area contributed by atoms with Crippen LogP contribution in [0.15, 0.2) is 30.3 Å². The maximum atomic E-state index is 12.0. The first-order chi connectivity index (χ1) is 11.8. The van der Waals surface area contributed by atoms with E-state index in [2.05, 4.69) is 40.5 Å². The van der Waals surface area contributed by atoms with Crippen LogP contribution in [0.3, 0.4) is 0 Å². The lowest BCUT2D eigenvalue weighted by Crippen LogP contribution is -2.31. The predicted molar refractivity (Wildman–Crippen MR) is 93.7 cm³/mol. The number of nitrogens with zero attached hydrogens (tertiary/aromatic N) is 1. The van der Waals surface area contributed by atoms with Crippen LogP contribution in [-0.4, -0.2) is 49.2 Å². The van der Waals surface area contributed by atoms with Crippen molar-refractivity contribution in [1.29, 1.82) is 0 Å². The number of hydrogen-bond donors (Lipinski definition) is 1. The summed E-state index contributed by atoms with van der Waals surface area (Å²) in [5, 5.41) is 3.06. The first-order valence-corrected chi connectivity index (χ1v) is 9.44. The zero-order valence-electron chi connectivity index (χ0n) is 14.3. The fourth-order valence-corrected chi connectivity index (χ4v) is 4.05. The average Bonchev–Trinajstić information content (AvgIpc) is 3.24. The summed E-state index contributed by atoms with van der Waals surface area (Å²) in [6.45, 7) is 4.12. The van der Waals surface area contributed by atoms with Gasteiger partial charge in [-0.3, -0.25) is 4.79 Å². The van der Waals surface area contributed by atoms with Gasteiger partial charge >= 0.3 is 0 Å². The van der Waals surface area contributed by atoms with Crippen molar-refractivity contribution in [1.82, 2.24) is 10.2 Å². The van der Waals surface area contributed by atoms with Crippen molar-refractivity contribution in [2.45, 2.75) is 44.3 Å². The molecule has 0 unspecified atom stereocenters. The lowest BCUT2D eigenvalue weighted by Gasteiger charge is -2.19. The molecule has 1 N–H and O–H groups in total. The fraction of sp³-hybridized carbons (Fsp3) is 0.650. The highest BCUT2D eigenvalue weighted by molar-refractivity contribution is 5.76. The zero-order valence-corrected chi connectivity index (χ0v) is 14.3. The second-order valence-corrected chi connectivity index (χ2v) is 7.74. The quantitative estimate of drug-likeness (QED) is 0.834. The molecule has 1 aliphatic carbocycles. The van der Waals surface area contributed by atoms with Crippen LogP contribution in [-0.2, 0) is 16.0 Å². The molecule has 2 saturated heterocycles. The van der Waals surface area contributed by atoms with E-state index in [1.165, 1.54) is 18.4 Å². The standard InChI is InChI=1S/C20H28N2O2/c23-20(21-12-16-6-7-16)11-18-10-17-13-22(14-19(17)24-18)9-8-15-4-2-1-3-5-15/h1-5,16-19H,6-14H2,(H,21,23)/t17-,18-,19+/m0/s1. The average molecular weight is 328 g/mol. The number of fused-ring (bicyclic) bond motifs is 1. The first-order valence-electron chi connectivity index (χ1n) is 9.44. The molecule has 1 aromatic rings. The van der Waals surface area contributed by atoms with Crippen LogP contribution < -0.4 is 5.32 Å². The minimum Gasteiger partial charge on any atom is -0.373 e. The smallest absolute Gasteiger partial charge is 0.222 e. The van der Waals surface area contributed by atoms with Crippen molar-refractivity contribution < 1.29 is 9.53 Å². The molecule has 2 heterocycles. The van der Waals surface area contributed by atoms with Gasteiger partial charge in [0, 0.05) is 32.1 Å².